The van der Waals surface area contributed by atoms with Crippen LogP contribution < -0.4 is 0 Å². The maximum atomic E-state index is 10.5. The number of rotatable bonds is 5. The van der Waals surface area contributed by atoms with Crippen LogP contribution in [0.3, 0.4) is 0 Å². The minimum absolute atomic E-state index is 0.193. The van der Waals surface area contributed by atoms with Crippen LogP contribution in [0.25, 0.3) is 0 Å². The van der Waals surface area contributed by atoms with E-state index in [1.54, 1.807) is 0 Å². The molecule has 154 valence electrons. The molecule has 0 spiro atoms. The summed E-state index contributed by atoms with van der Waals surface area (Å²) in [4.78, 5) is 0. The number of nitrogens with zero attached hydrogens (tertiary/aromatic N) is 1. The van der Waals surface area contributed by atoms with Gasteiger partial charge in [-0.3, -0.25) is 0 Å². The fourth-order valence-corrected chi connectivity index (χ4v) is 3.94. The molecule has 3 N–H and O–H groups in total. The average molecular weight is 395 g/mol. The zero-order chi connectivity index (χ0) is 21.1. The summed E-state index contributed by atoms with van der Waals surface area (Å²) < 4.78 is 5.84. The van der Waals surface area contributed by atoms with E-state index in [1.165, 1.54) is 5.56 Å². The van der Waals surface area contributed by atoms with Gasteiger partial charge < -0.3 is 20.1 Å². The normalized spacial score (nSPS) is 24.5. The Labute approximate surface area is 172 Å². The molecule has 4 atom stereocenters. The number of aryl methyl sites for hydroxylation is 1. The third kappa shape index (κ3) is 4.68. The molecule has 2 aromatic carbocycles. The zero-order valence-corrected chi connectivity index (χ0v) is 17.2. The van der Waals surface area contributed by atoms with E-state index in [4.69, 9.17) is 4.74 Å². The van der Waals surface area contributed by atoms with Gasteiger partial charge in [-0.2, -0.15) is 5.26 Å². The SMILES string of the molecule is Cc1cc([C@@H]2O[C@H](CO)C[C@H](O)[C@H]2O)cc(Cc2ccc(C(C)C)cc2)c1C#N. The van der Waals surface area contributed by atoms with Gasteiger partial charge in [0.2, 0.25) is 0 Å². The van der Waals surface area contributed by atoms with Gasteiger partial charge in [-0.05, 0) is 47.1 Å². The molecule has 5 heteroatoms. The fraction of sp³-hybridized carbons (Fsp3) is 0.458. The minimum Gasteiger partial charge on any atom is -0.394 e. The number of aliphatic hydroxyl groups is 3. The van der Waals surface area contributed by atoms with Gasteiger partial charge >= 0.3 is 0 Å². The molecule has 0 aliphatic carbocycles. The highest BCUT2D eigenvalue weighted by Crippen LogP contribution is 2.34. The second kappa shape index (κ2) is 9.06. The van der Waals surface area contributed by atoms with Gasteiger partial charge in [0.15, 0.2) is 0 Å². The Balaban J connectivity index is 1.95. The highest BCUT2D eigenvalue weighted by Gasteiger charge is 2.37. The summed E-state index contributed by atoms with van der Waals surface area (Å²) in [6.45, 7) is 5.95. The Hall–Kier alpha value is -2.23. The van der Waals surface area contributed by atoms with Crippen LogP contribution in [0, 0.1) is 18.3 Å². The van der Waals surface area contributed by atoms with Crippen LogP contribution in [-0.2, 0) is 11.2 Å². The van der Waals surface area contributed by atoms with Crippen LogP contribution in [-0.4, -0.2) is 40.2 Å². The van der Waals surface area contributed by atoms with Crippen LogP contribution in [0.1, 0.15) is 65.7 Å². The molecular formula is C24H29NO4. The van der Waals surface area contributed by atoms with Crippen molar-refractivity contribution in [2.45, 2.75) is 63.9 Å². The highest BCUT2D eigenvalue weighted by molar-refractivity contribution is 5.49. The number of ether oxygens (including phenoxy) is 1. The first-order valence-corrected chi connectivity index (χ1v) is 10.1. The fourth-order valence-electron chi connectivity index (χ4n) is 3.94. The maximum Gasteiger partial charge on any atom is 0.111 e. The second-order valence-electron chi connectivity index (χ2n) is 8.21. The summed E-state index contributed by atoms with van der Waals surface area (Å²) in [6.07, 6.45) is -2.54. The van der Waals surface area contributed by atoms with E-state index in [1.807, 2.05) is 19.1 Å². The van der Waals surface area contributed by atoms with E-state index < -0.39 is 24.4 Å². The van der Waals surface area contributed by atoms with Crippen LogP contribution in [0.4, 0.5) is 0 Å². The Morgan fingerprint density at radius 2 is 1.86 bits per heavy atom. The molecule has 0 unspecified atom stereocenters. The van der Waals surface area contributed by atoms with Crippen molar-refractivity contribution < 1.29 is 20.1 Å². The summed E-state index contributed by atoms with van der Waals surface area (Å²) in [5.74, 6) is 0.458. The standard InChI is InChI=1S/C24H29NO4/c1-14(2)17-6-4-16(5-7-17)9-18-10-19(8-15(3)21(18)12-25)24-23(28)22(27)11-20(13-26)29-24/h4-8,10,14,20,22-24,26-28H,9,11,13H2,1-3H3/t20-,22-,23+,24-/m0/s1. The third-order valence-electron chi connectivity index (χ3n) is 5.67. The molecule has 0 amide bonds. The number of aliphatic hydroxyl groups excluding tert-OH is 3. The van der Waals surface area contributed by atoms with Gasteiger partial charge in [-0.25, -0.2) is 0 Å². The summed E-state index contributed by atoms with van der Waals surface area (Å²) >= 11 is 0. The van der Waals surface area contributed by atoms with E-state index in [2.05, 4.69) is 44.2 Å². The summed E-state index contributed by atoms with van der Waals surface area (Å²) in [5.41, 5.74) is 5.35. The first kappa shape index (κ1) is 21.5. The van der Waals surface area contributed by atoms with Crippen LogP contribution >= 0.6 is 0 Å². The molecule has 5 nitrogen and oxygen atoms in total. The average Bonchev–Trinajstić information content (AvgIpc) is 2.70. The molecule has 0 aromatic heterocycles. The monoisotopic (exact) mass is 395 g/mol. The minimum atomic E-state index is -1.08. The molecule has 1 saturated heterocycles. The van der Waals surface area contributed by atoms with Crippen molar-refractivity contribution >= 4 is 0 Å². The lowest BCUT2D eigenvalue weighted by molar-refractivity contribution is -0.179. The zero-order valence-electron chi connectivity index (χ0n) is 17.2. The van der Waals surface area contributed by atoms with Crippen LogP contribution in [0.15, 0.2) is 36.4 Å². The lowest BCUT2D eigenvalue weighted by Crippen LogP contribution is -2.44. The maximum absolute atomic E-state index is 10.5. The molecule has 2 aromatic rings. The topological polar surface area (TPSA) is 93.7 Å². The van der Waals surface area contributed by atoms with Crippen molar-refractivity contribution in [3.8, 4) is 6.07 Å². The molecule has 29 heavy (non-hydrogen) atoms. The quantitative estimate of drug-likeness (QED) is 0.723. The van der Waals surface area contributed by atoms with Gasteiger partial charge in [0.1, 0.15) is 12.2 Å². The van der Waals surface area contributed by atoms with Gasteiger partial charge in [0, 0.05) is 6.42 Å². The smallest absolute Gasteiger partial charge is 0.111 e. The Morgan fingerprint density at radius 3 is 2.45 bits per heavy atom. The predicted molar refractivity (Wildman–Crippen MR) is 111 cm³/mol. The summed E-state index contributed by atoms with van der Waals surface area (Å²) in [6, 6.07) is 14.4. The first-order chi connectivity index (χ1) is 13.8. The largest absolute Gasteiger partial charge is 0.394 e. The van der Waals surface area contributed by atoms with Crippen molar-refractivity contribution in [2.75, 3.05) is 6.61 Å². The number of nitriles is 1. The first-order valence-electron chi connectivity index (χ1n) is 10.1. The van der Waals surface area contributed by atoms with Gasteiger partial charge in [-0.15, -0.1) is 0 Å². The number of benzene rings is 2. The molecule has 0 radical (unpaired) electrons. The molecule has 0 saturated carbocycles. The number of hydrogen-bond donors (Lipinski definition) is 3. The van der Waals surface area contributed by atoms with Gasteiger partial charge in [-0.1, -0.05) is 50.2 Å². The molecular weight excluding hydrogens is 366 g/mol. The van der Waals surface area contributed by atoms with E-state index in [0.717, 1.165) is 16.7 Å². The van der Waals surface area contributed by atoms with E-state index in [9.17, 15) is 20.6 Å². The van der Waals surface area contributed by atoms with Crippen molar-refractivity contribution in [3.63, 3.8) is 0 Å². The Bertz CT molecular complexity index is 885. The van der Waals surface area contributed by atoms with Crippen LogP contribution in [0.2, 0.25) is 0 Å². The van der Waals surface area contributed by atoms with Crippen molar-refractivity contribution in [1.29, 1.82) is 5.26 Å². The predicted octanol–water partition coefficient (Wildman–Crippen LogP) is 3.13. The lowest BCUT2D eigenvalue weighted by Gasteiger charge is -2.37. The molecule has 1 aliphatic rings. The number of hydrogen-bond acceptors (Lipinski definition) is 5. The van der Waals surface area contributed by atoms with Gasteiger partial charge in [0.25, 0.3) is 0 Å². The lowest BCUT2D eigenvalue weighted by atomic mass is 9.88. The van der Waals surface area contributed by atoms with E-state index in [-0.39, 0.29) is 13.0 Å². The van der Waals surface area contributed by atoms with Crippen LogP contribution in [0.5, 0.6) is 0 Å². The third-order valence-corrected chi connectivity index (χ3v) is 5.67. The van der Waals surface area contributed by atoms with E-state index >= 15 is 0 Å². The molecule has 1 heterocycles. The molecule has 0 bridgehead atoms. The van der Waals surface area contributed by atoms with Crippen molar-refractivity contribution in [3.05, 3.63) is 69.8 Å². The second-order valence-corrected chi connectivity index (χ2v) is 8.21. The highest BCUT2D eigenvalue weighted by atomic mass is 16.5. The van der Waals surface area contributed by atoms with Gasteiger partial charge in [0.05, 0.1) is 30.4 Å². The summed E-state index contributed by atoms with van der Waals surface area (Å²) in [5, 5.41) is 39.7. The Morgan fingerprint density at radius 1 is 1.17 bits per heavy atom. The van der Waals surface area contributed by atoms with Crippen molar-refractivity contribution in [1.82, 2.24) is 0 Å². The summed E-state index contributed by atoms with van der Waals surface area (Å²) in [7, 11) is 0. The Kier molecular flexibility index (Phi) is 6.71. The molecule has 1 aliphatic heterocycles. The van der Waals surface area contributed by atoms with Crippen molar-refractivity contribution in [2.24, 2.45) is 0 Å². The van der Waals surface area contributed by atoms with E-state index in [0.29, 0.717) is 23.5 Å². The molecule has 1 fully saturated rings. The molecule has 3 rings (SSSR count).